The highest BCUT2D eigenvalue weighted by Crippen LogP contribution is 2.20. The lowest BCUT2D eigenvalue weighted by Crippen LogP contribution is -2.52. The Balaban J connectivity index is 2.17. The average Bonchev–Trinajstić information content (AvgIpc) is 2.22. The van der Waals surface area contributed by atoms with Gasteiger partial charge in [0, 0.05) is 19.6 Å². The molecule has 0 aliphatic carbocycles. The quantitative estimate of drug-likeness (QED) is 0.527. The molecule has 1 atom stereocenters. The number of hydrogen-bond donors (Lipinski definition) is 0. The summed E-state index contributed by atoms with van der Waals surface area (Å²) >= 11 is 0. The lowest BCUT2D eigenvalue weighted by atomic mass is 10.1. The van der Waals surface area contributed by atoms with Gasteiger partial charge >= 0.3 is 5.97 Å². The lowest BCUT2D eigenvalue weighted by molar-refractivity contribution is -0.150. The predicted octanol–water partition coefficient (Wildman–Crippen LogP) is 1.07. The summed E-state index contributed by atoms with van der Waals surface area (Å²) in [5, 5.41) is 0. The number of ether oxygens (including phenoxy) is 3. The molecule has 1 saturated heterocycles. The first-order chi connectivity index (χ1) is 8.43. The molecule has 18 heavy (non-hydrogen) atoms. The third-order valence-corrected chi connectivity index (χ3v) is 2.72. The second-order valence-corrected chi connectivity index (χ2v) is 5.28. The van der Waals surface area contributed by atoms with Gasteiger partial charge in [-0.05, 0) is 27.7 Å². The van der Waals surface area contributed by atoms with E-state index in [0.717, 1.165) is 19.6 Å². The Hall–Kier alpha value is -0.650. The number of carbonyl (C=O) groups excluding carboxylic acids is 1. The summed E-state index contributed by atoms with van der Waals surface area (Å²) in [7, 11) is 0. The SMILES string of the molecule is CCOC(=O)COCCN1CC(C)OC(C)(C)C1. The summed E-state index contributed by atoms with van der Waals surface area (Å²) in [5.74, 6) is -0.298. The van der Waals surface area contributed by atoms with Gasteiger partial charge in [0.2, 0.25) is 0 Å². The number of hydrogen-bond acceptors (Lipinski definition) is 5. The van der Waals surface area contributed by atoms with E-state index < -0.39 is 0 Å². The van der Waals surface area contributed by atoms with E-state index in [9.17, 15) is 4.79 Å². The fourth-order valence-corrected chi connectivity index (χ4v) is 2.31. The number of nitrogens with zero attached hydrogens (tertiary/aromatic N) is 1. The molecule has 0 N–H and O–H groups in total. The molecule has 0 radical (unpaired) electrons. The van der Waals surface area contributed by atoms with E-state index in [4.69, 9.17) is 14.2 Å². The molecule has 0 amide bonds. The van der Waals surface area contributed by atoms with Gasteiger partial charge in [0.1, 0.15) is 6.61 Å². The smallest absolute Gasteiger partial charge is 0.332 e. The average molecular weight is 259 g/mol. The van der Waals surface area contributed by atoms with Crippen LogP contribution in [0.1, 0.15) is 27.7 Å². The van der Waals surface area contributed by atoms with Gasteiger partial charge in [0.25, 0.3) is 0 Å². The Morgan fingerprint density at radius 3 is 2.83 bits per heavy atom. The van der Waals surface area contributed by atoms with E-state index >= 15 is 0 Å². The van der Waals surface area contributed by atoms with Gasteiger partial charge in [-0.2, -0.15) is 0 Å². The molecule has 1 rings (SSSR count). The van der Waals surface area contributed by atoms with Crippen molar-refractivity contribution in [2.75, 3.05) is 39.5 Å². The monoisotopic (exact) mass is 259 g/mol. The largest absolute Gasteiger partial charge is 0.464 e. The second kappa shape index (κ2) is 7.07. The molecule has 1 unspecified atom stereocenters. The predicted molar refractivity (Wildman–Crippen MR) is 68.5 cm³/mol. The zero-order valence-electron chi connectivity index (χ0n) is 11.9. The standard InChI is InChI=1S/C13H25NO4/c1-5-17-12(15)9-16-7-6-14-8-11(2)18-13(3,4)10-14/h11H,5-10H2,1-4H3. The fraction of sp³-hybridized carbons (Fsp3) is 0.923. The maximum absolute atomic E-state index is 11.1. The molecule has 5 heteroatoms. The summed E-state index contributed by atoms with van der Waals surface area (Å²) in [6.07, 6.45) is 0.235. The van der Waals surface area contributed by atoms with Crippen molar-refractivity contribution in [3.63, 3.8) is 0 Å². The van der Waals surface area contributed by atoms with Gasteiger partial charge in [-0.3, -0.25) is 4.90 Å². The Morgan fingerprint density at radius 1 is 1.50 bits per heavy atom. The van der Waals surface area contributed by atoms with Crippen LogP contribution in [0.3, 0.4) is 0 Å². The van der Waals surface area contributed by atoms with Crippen LogP contribution in [0.4, 0.5) is 0 Å². The minimum atomic E-state index is -0.298. The number of morpholine rings is 1. The van der Waals surface area contributed by atoms with E-state index in [1.807, 2.05) is 0 Å². The molecule has 0 aromatic heterocycles. The molecule has 1 aliphatic rings. The molecule has 5 nitrogen and oxygen atoms in total. The molecule has 106 valence electrons. The van der Waals surface area contributed by atoms with Crippen LogP contribution in [0.5, 0.6) is 0 Å². The molecule has 1 aliphatic heterocycles. The van der Waals surface area contributed by atoms with Crippen molar-refractivity contribution in [1.82, 2.24) is 4.90 Å². The van der Waals surface area contributed by atoms with Gasteiger partial charge in [-0.25, -0.2) is 4.79 Å². The van der Waals surface area contributed by atoms with Crippen LogP contribution in [0.15, 0.2) is 0 Å². The Kier molecular flexibility index (Phi) is 6.05. The van der Waals surface area contributed by atoms with Crippen LogP contribution < -0.4 is 0 Å². The van der Waals surface area contributed by atoms with Gasteiger partial charge < -0.3 is 14.2 Å². The third-order valence-electron chi connectivity index (χ3n) is 2.72. The maximum atomic E-state index is 11.1. The van der Waals surface area contributed by atoms with E-state index in [-0.39, 0.29) is 24.3 Å². The Morgan fingerprint density at radius 2 is 2.22 bits per heavy atom. The first-order valence-electron chi connectivity index (χ1n) is 6.56. The van der Waals surface area contributed by atoms with Gasteiger partial charge in [-0.1, -0.05) is 0 Å². The van der Waals surface area contributed by atoms with Crippen molar-refractivity contribution in [3.8, 4) is 0 Å². The molecule has 0 saturated carbocycles. The number of carbonyl (C=O) groups is 1. The Labute approximate surface area is 109 Å². The summed E-state index contributed by atoms with van der Waals surface area (Å²) in [6.45, 7) is 11.6. The zero-order valence-corrected chi connectivity index (χ0v) is 11.9. The van der Waals surface area contributed by atoms with Crippen molar-refractivity contribution in [3.05, 3.63) is 0 Å². The lowest BCUT2D eigenvalue weighted by Gasteiger charge is -2.41. The fourth-order valence-electron chi connectivity index (χ4n) is 2.31. The van der Waals surface area contributed by atoms with Crippen molar-refractivity contribution in [2.24, 2.45) is 0 Å². The summed E-state index contributed by atoms with van der Waals surface area (Å²) < 4.78 is 15.9. The van der Waals surface area contributed by atoms with Crippen LogP contribution in [-0.4, -0.2) is 62.0 Å². The van der Waals surface area contributed by atoms with Gasteiger partial charge in [-0.15, -0.1) is 0 Å². The molecular formula is C13H25NO4. The molecule has 0 aromatic carbocycles. The topological polar surface area (TPSA) is 48.0 Å². The van der Waals surface area contributed by atoms with Gasteiger partial charge in [0.05, 0.1) is 24.9 Å². The molecular weight excluding hydrogens is 234 g/mol. The molecule has 0 spiro atoms. The van der Waals surface area contributed by atoms with E-state index in [1.54, 1.807) is 6.92 Å². The first-order valence-corrected chi connectivity index (χ1v) is 6.56. The highest BCUT2D eigenvalue weighted by Gasteiger charge is 2.30. The minimum Gasteiger partial charge on any atom is -0.464 e. The van der Waals surface area contributed by atoms with Crippen molar-refractivity contribution in [2.45, 2.75) is 39.4 Å². The van der Waals surface area contributed by atoms with Gasteiger partial charge in [0.15, 0.2) is 0 Å². The molecule has 0 bridgehead atoms. The summed E-state index contributed by atoms with van der Waals surface area (Å²) in [4.78, 5) is 13.4. The van der Waals surface area contributed by atoms with E-state index in [0.29, 0.717) is 13.2 Å². The highest BCUT2D eigenvalue weighted by molar-refractivity contribution is 5.70. The maximum Gasteiger partial charge on any atom is 0.332 e. The first kappa shape index (κ1) is 15.4. The van der Waals surface area contributed by atoms with Crippen LogP contribution >= 0.6 is 0 Å². The third kappa shape index (κ3) is 5.80. The number of rotatable bonds is 6. The van der Waals surface area contributed by atoms with E-state index in [1.165, 1.54) is 0 Å². The second-order valence-electron chi connectivity index (χ2n) is 5.28. The molecule has 1 heterocycles. The molecule has 1 fully saturated rings. The van der Waals surface area contributed by atoms with Crippen molar-refractivity contribution in [1.29, 1.82) is 0 Å². The number of esters is 1. The van der Waals surface area contributed by atoms with E-state index in [2.05, 4.69) is 25.7 Å². The van der Waals surface area contributed by atoms with Crippen molar-refractivity contribution >= 4 is 5.97 Å². The summed E-state index contributed by atoms with van der Waals surface area (Å²) in [5.41, 5.74) is -0.112. The Bertz CT molecular complexity index is 268. The zero-order chi connectivity index (χ0) is 13.6. The highest BCUT2D eigenvalue weighted by atomic mass is 16.6. The van der Waals surface area contributed by atoms with Crippen LogP contribution in [0.2, 0.25) is 0 Å². The van der Waals surface area contributed by atoms with Crippen LogP contribution in [-0.2, 0) is 19.0 Å². The summed E-state index contributed by atoms with van der Waals surface area (Å²) in [6, 6.07) is 0. The van der Waals surface area contributed by atoms with Crippen LogP contribution in [0, 0.1) is 0 Å². The van der Waals surface area contributed by atoms with Crippen LogP contribution in [0.25, 0.3) is 0 Å². The molecule has 0 aromatic rings. The normalized spacial score (nSPS) is 23.9. The van der Waals surface area contributed by atoms with Crippen molar-refractivity contribution < 1.29 is 19.0 Å². The minimum absolute atomic E-state index is 0.0388.